The number of rotatable bonds is 5. The Morgan fingerprint density at radius 3 is 2.55 bits per heavy atom. The highest BCUT2D eigenvalue weighted by molar-refractivity contribution is 6.04. The van der Waals surface area contributed by atoms with Crippen LogP contribution in [0.4, 0.5) is 4.79 Å². The molecule has 3 amide bonds. The van der Waals surface area contributed by atoms with Crippen molar-refractivity contribution in [2.45, 2.75) is 32.1 Å². The molecule has 2 atom stereocenters. The Hall–Kier alpha value is -3.35. The second-order valence-electron chi connectivity index (χ2n) is 7.50. The summed E-state index contributed by atoms with van der Waals surface area (Å²) in [5.41, 5.74) is 3.47. The number of urea groups is 1. The van der Waals surface area contributed by atoms with Crippen LogP contribution >= 0.6 is 0 Å². The van der Waals surface area contributed by atoms with Crippen LogP contribution in [0.2, 0.25) is 0 Å². The Morgan fingerprint density at radius 2 is 1.79 bits per heavy atom. The monoisotopic (exact) mass is 391 g/mol. The van der Waals surface area contributed by atoms with Crippen LogP contribution in [0.1, 0.15) is 16.7 Å². The number of guanidine groups is 1. The van der Waals surface area contributed by atoms with Crippen LogP contribution < -0.4 is 10.6 Å². The van der Waals surface area contributed by atoms with E-state index in [2.05, 4.69) is 28.8 Å². The van der Waals surface area contributed by atoms with Crippen LogP contribution in [0.5, 0.6) is 0 Å². The van der Waals surface area contributed by atoms with Crippen molar-refractivity contribution in [2.24, 2.45) is 4.99 Å². The highest BCUT2D eigenvalue weighted by Crippen LogP contribution is 2.23. The van der Waals surface area contributed by atoms with Gasteiger partial charge in [0.1, 0.15) is 6.17 Å². The number of carbonyl (C=O) groups is 2. The van der Waals surface area contributed by atoms with Crippen molar-refractivity contribution in [2.75, 3.05) is 13.6 Å². The van der Waals surface area contributed by atoms with Gasteiger partial charge < -0.3 is 15.1 Å². The molecule has 150 valence electrons. The highest BCUT2D eigenvalue weighted by atomic mass is 16.2. The summed E-state index contributed by atoms with van der Waals surface area (Å²) in [7, 11) is 1.68. The molecule has 2 aromatic carbocycles. The van der Waals surface area contributed by atoms with E-state index < -0.39 is 18.2 Å². The molecule has 29 heavy (non-hydrogen) atoms. The number of aliphatic imine (C=N–C) groups is 1. The second-order valence-corrected chi connectivity index (χ2v) is 7.50. The maximum absolute atomic E-state index is 12.6. The van der Waals surface area contributed by atoms with E-state index in [0.717, 1.165) is 17.5 Å². The van der Waals surface area contributed by atoms with Gasteiger partial charge in [0.05, 0.1) is 0 Å². The number of fused-ring (bicyclic) bond motifs is 1. The molecule has 2 aromatic rings. The molecule has 0 spiro atoms. The Bertz CT molecular complexity index is 943. The third-order valence-corrected chi connectivity index (χ3v) is 5.36. The van der Waals surface area contributed by atoms with Gasteiger partial charge in [-0.3, -0.25) is 15.1 Å². The van der Waals surface area contributed by atoms with Crippen LogP contribution in [-0.4, -0.2) is 53.5 Å². The number of carbonyl (C=O) groups excluding carboxylic acids is 2. The third kappa shape index (κ3) is 3.94. The number of aryl methyl sites for hydroxylation is 1. The summed E-state index contributed by atoms with van der Waals surface area (Å²) in [5, 5.41) is 5.74. The largest absolute Gasteiger partial charge is 0.333 e. The summed E-state index contributed by atoms with van der Waals surface area (Å²) in [4.78, 5) is 32.9. The van der Waals surface area contributed by atoms with Gasteiger partial charge in [-0.2, -0.15) is 0 Å². The van der Waals surface area contributed by atoms with Crippen molar-refractivity contribution in [1.29, 1.82) is 0 Å². The van der Waals surface area contributed by atoms with Gasteiger partial charge in [0.2, 0.25) is 0 Å². The average molecular weight is 391 g/mol. The minimum atomic E-state index is -0.520. The van der Waals surface area contributed by atoms with Crippen molar-refractivity contribution in [3.8, 4) is 0 Å². The molecule has 0 bridgehead atoms. The van der Waals surface area contributed by atoms with Gasteiger partial charge in [-0.1, -0.05) is 60.2 Å². The van der Waals surface area contributed by atoms with E-state index in [4.69, 9.17) is 4.99 Å². The number of amides is 3. The lowest BCUT2D eigenvalue weighted by atomic mass is 10.1. The van der Waals surface area contributed by atoms with E-state index in [-0.39, 0.29) is 5.91 Å². The molecule has 2 N–H and O–H groups in total. The van der Waals surface area contributed by atoms with Crippen LogP contribution in [0.25, 0.3) is 0 Å². The summed E-state index contributed by atoms with van der Waals surface area (Å²) >= 11 is 0. The fourth-order valence-corrected chi connectivity index (χ4v) is 3.84. The number of nitrogens with zero attached hydrogens (tertiary/aromatic N) is 3. The molecule has 2 aliphatic heterocycles. The van der Waals surface area contributed by atoms with E-state index >= 15 is 0 Å². The van der Waals surface area contributed by atoms with Crippen molar-refractivity contribution in [3.63, 3.8) is 0 Å². The number of benzene rings is 2. The SMILES string of the molecule is Cc1cccc(CN2C(=NCCc3ccccc3)NC3C2C(=O)NC(=O)N3C)c1. The molecule has 0 aromatic heterocycles. The van der Waals surface area contributed by atoms with Gasteiger partial charge in [-0.25, -0.2) is 4.79 Å². The van der Waals surface area contributed by atoms with Gasteiger partial charge in [-0.05, 0) is 24.5 Å². The molecule has 2 fully saturated rings. The number of likely N-dealkylation sites (N-methyl/N-ethyl adjacent to an activating group) is 1. The number of nitrogens with one attached hydrogen (secondary N) is 2. The minimum Gasteiger partial charge on any atom is -0.333 e. The smallest absolute Gasteiger partial charge is 0.325 e. The lowest BCUT2D eigenvalue weighted by molar-refractivity contribution is -0.127. The molecule has 0 saturated carbocycles. The van der Waals surface area contributed by atoms with Crippen LogP contribution in [0.3, 0.4) is 0 Å². The normalized spacial score (nSPS) is 22.5. The first-order chi connectivity index (χ1) is 14.0. The van der Waals surface area contributed by atoms with Gasteiger partial charge >= 0.3 is 6.03 Å². The molecule has 2 saturated heterocycles. The minimum absolute atomic E-state index is 0.300. The number of hydrogen-bond acceptors (Lipinski definition) is 3. The number of imide groups is 1. The van der Waals surface area contributed by atoms with Crippen LogP contribution in [-0.2, 0) is 17.8 Å². The lowest BCUT2D eigenvalue weighted by Gasteiger charge is -2.35. The van der Waals surface area contributed by atoms with E-state index in [9.17, 15) is 9.59 Å². The molecule has 4 rings (SSSR count). The maximum Gasteiger partial charge on any atom is 0.325 e. The summed E-state index contributed by atoms with van der Waals surface area (Å²) < 4.78 is 0. The molecule has 2 unspecified atom stereocenters. The Kier molecular flexibility index (Phi) is 5.20. The first-order valence-electron chi connectivity index (χ1n) is 9.77. The fourth-order valence-electron chi connectivity index (χ4n) is 3.84. The van der Waals surface area contributed by atoms with Crippen LogP contribution in [0.15, 0.2) is 59.6 Å². The van der Waals surface area contributed by atoms with Gasteiger partial charge in [0, 0.05) is 20.1 Å². The summed E-state index contributed by atoms with van der Waals surface area (Å²) in [6, 6.07) is 17.4. The molecule has 7 nitrogen and oxygen atoms in total. The van der Waals surface area contributed by atoms with Crippen molar-refractivity contribution >= 4 is 17.9 Å². The summed E-state index contributed by atoms with van der Waals surface area (Å²) in [6.07, 6.45) is 0.372. The Morgan fingerprint density at radius 1 is 1.03 bits per heavy atom. The predicted octanol–water partition coefficient (Wildman–Crippen LogP) is 1.88. The Labute approximate surface area is 170 Å². The van der Waals surface area contributed by atoms with Crippen LogP contribution in [0, 0.1) is 6.92 Å². The molecule has 7 heteroatoms. The zero-order valence-corrected chi connectivity index (χ0v) is 16.6. The third-order valence-electron chi connectivity index (χ3n) is 5.36. The standard InChI is InChI=1S/C22H25N5O2/c1-15-7-6-10-17(13-15)14-27-18-19(26(2)22(29)25-20(18)28)24-21(27)23-12-11-16-8-4-3-5-9-16/h3-10,13,18-19H,11-12,14H2,1-2H3,(H,23,24)(H,25,28,29). The van der Waals surface area contributed by atoms with Gasteiger partial charge in [0.15, 0.2) is 12.0 Å². The maximum atomic E-state index is 12.6. The molecule has 2 heterocycles. The molecule has 2 aliphatic rings. The topological polar surface area (TPSA) is 77.0 Å². The first kappa shape index (κ1) is 19.0. The zero-order valence-electron chi connectivity index (χ0n) is 16.6. The summed E-state index contributed by atoms with van der Waals surface area (Å²) in [6.45, 7) is 3.17. The van der Waals surface area contributed by atoms with Gasteiger partial charge in [0.25, 0.3) is 5.91 Å². The lowest BCUT2D eigenvalue weighted by Crippen LogP contribution is -2.64. The second kappa shape index (κ2) is 7.95. The predicted molar refractivity (Wildman–Crippen MR) is 111 cm³/mol. The Balaban J connectivity index is 1.59. The number of hydrogen-bond donors (Lipinski definition) is 2. The molecule has 0 radical (unpaired) electrons. The zero-order chi connectivity index (χ0) is 20.4. The quantitative estimate of drug-likeness (QED) is 0.816. The van der Waals surface area contributed by atoms with Crippen molar-refractivity contribution in [3.05, 3.63) is 71.3 Å². The van der Waals surface area contributed by atoms with E-state index in [1.165, 1.54) is 10.5 Å². The van der Waals surface area contributed by atoms with Crippen molar-refractivity contribution in [1.82, 2.24) is 20.4 Å². The summed E-state index contributed by atoms with van der Waals surface area (Å²) in [5.74, 6) is 0.348. The van der Waals surface area contributed by atoms with Crippen molar-refractivity contribution < 1.29 is 9.59 Å². The van der Waals surface area contributed by atoms with Gasteiger partial charge in [-0.15, -0.1) is 0 Å². The van der Waals surface area contributed by atoms with E-state index in [1.807, 2.05) is 48.2 Å². The molecular weight excluding hydrogens is 366 g/mol. The average Bonchev–Trinajstić information content (AvgIpc) is 3.06. The highest BCUT2D eigenvalue weighted by Gasteiger charge is 2.49. The van der Waals surface area contributed by atoms with E-state index in [1.54, 1.807) is 7.05 Å². The fraction of sp³-hybridized carbons (Fsp3) is 0.318. The van der Waals surface area contributed by atoms with E-state index in [0.29, 0.717) is 19.0 Å². The molecule has 0 aliphatic carbocycles. The molecular formula is C22H25N5O2. The first-order valence-corrected chi connectivity index (χ1v) is 9.77.